The highest BCUT2D eigenvalue weighted by atomic mass is 15.2. The fourth-order valence-corrected chi connectivity index (χ4v) is 2.71. The lowest BCUT2D eigenvalue weighted by Gasteiger charge is -2.36. The Labute approximate surface area is 111 Å². The number of anilines is 1. The van der Waals surface area contributed by atoms with Crippen molar-refractivity contribution in [3.8, 4) is 0 Å². The standard InChI is InChI=1S/C16H26N2/c1-15(2,3)12-6-8-13(9-7-12)18-11-10-14(17)16(18,4)5/h6-9,14H,10-11,17H2,1-5H3. The molecule has 0 spiro atoms. The Kier molecular flexibility index (Phi) is 3.18. The predicted octanol–water partition coefficient (Wildman–Crippen LogP) is 3.30. The molecule has 1 saturated heterocycles. The molecule has 1 aliphatic rings. The number of hydrogen-bond donors (Lipinski definition) is 1. The van der Waals surface area contributed by atoms with Gasteiger partial charge in [-0.1, -0.05) is 32.9 Å². The number of benzene rings is 1. The molecule has 1 fully saturated rings. The molecule has 1 aliphatic heterocycles. The Balaban J connectivity index is 2.26. The van der Waals surface area contributed by atoms with Crippen LogP contribution in [0.4, 0.5) is 5.69 Å². The molecule has 0 bridgehead atoms. The smallest absolute Gasteiger partial charge is 0.0497 e. The maximum absolute atomic E-state index is 6.20. The summed E-state index contributed by atoms with van der Waals surface area (Å²) in [7, 11) is 0. The van der Waals surface area contributed by atoms with E-state index in [0.29, 0.717) is 0 Å². The summed E-state index contributed by atoms with van der Waals surface area (Å²) in [6.07, 6.45) is 1.08. The zero-order valence-corrected chi connectivity index (χ0v) is 12.3. The third-order valence-corrected chi connectivity index (χ3v) is 4.31. The van der Waals surface area contributed by atoms with Crippen molar-refractivity contribution in [1.29, 1.82) is 0 Å². The van der Waals surface area contributed by atoms with Crippen LogP contribution in [0.5, 0.6) is 0 Å². The Bertz CT molecular complexity index is 412. The van der Waals surface area contributed by atoms with Gasteiger partial charge in [0.25, 0.3) is 0 Å². The van der Waals surface area contributed by atoms with E-state index in [1.54, 1.807) is 0 Å². The fourth-order valence-electron chi connectivity index (χ4n) is 2.71. The van der Waals surface area contributed by atoms with Gasteiger partial charge in [0, 0.05) is 23.8 Å². The van der Waals surface area contributed by atoms with E-state index in [1.807, 2.05) is 0 Å². The molecule has 2 rings (SSSR count). The van der Waals surface area contributed by atoms with Crippen LogP contribution in [-0.4, -0.2) is 18.1 Å². The van der Waals surface area contributed by atoms with Gasteiger partial charge in [-0.2, -0.15) is 0 Å². The molecule has 2 heteroatoms. The van der Waals surface area contributed by atoms with Crippen molar-refractivity contribution in [2.24, 2.45) is 5.73 Å². The SMILES string of the molecule is CC(C)(C)c1ccc(N2CCC(N)C2(C)C)cc1. The summed E-state index contributed by atoms with van der Waals surface area (Å²) < 4.78 is 0. The average molecular weight is 246 g/mol. The Morgan fingerprint density at radius 2 is 1.72 bits per heavy atom. The molecule has 0 radical (unpaired) electrons. The summed E-state index contributed by atoms with van der Waals surface area (Å²) in [5.41, 5.74) is 9.15. The maximum atomic E-state index is 6.20. The van der Waals surface area contributed by atoms with Gasteiger partial charge in [0.2, 0.25) is 0 Å². The van der Waals surface area contributed by atoms with Crippen LogP contribution in [-0.2, 0) is 5.41 Å². The summed E-state index contributed by atoms with van der Waals surface area (Å²) in [6.45, 7) is 12.3. The van der Waals surface area contributed by atoms with Crippen molar-refractivity contribution in [3.63, 3.8) is 0 Å². The lowest BCUT2D eigenvalue weighted by molar-refractivity contribution is 0.453. The molecule has 100 valence electrons. The van der Waals surface area contributed by atoms with Crippen molar-refractivity contribution in [3.05, 3.63) is 29.8 Å². The van der Waals surface area contributed by atoms with Crippen LogP contribution in [0.3, 0.4) is 0 Å². The van der Waals surface area contributed by atoms with E-state index in [0.717, 1.165) is 13.0 Å². The first-order valence-corrected chi connectivity index (χ1v) is 6.87. The topological polar surface area (TPSA) is 29.3 Å². The van der Waals surface area contributed by atoms with Crippen LogP contribution >= 0.6 is 0 Å². The molecule has 0 saturated carbocycles. The highest BCUT2D eigenvalue weighted by Gasteiger charge is 2.38. The van der Waals surface area contributed by atoms with Gasteiger partial charge in [-0.3, -0.25) is 0 Å². The molecule has 2 nitrogen and oxygen atoms in total. The molecule has 1 aromatic carbocycles. The van der Waals surface area contributed by atoms with Gasteiger partial charge in [-0.15, -0.1) is 0 Å². The van der Waals surface area contributed by atoms with E-state index in [-0.39, 0.29) is 17.0 Å². The molecule has 0 amide bonds. The van der Waals surface area contributed by atoms with Crippen molar-refractivity contribution in [2.45, 2.75) is 58.0 Å². The van der Waals surface area contributed by atoms with Gasteiger partial charge in [-0.25, -0.2) is 0 Å². The molecule has 1 unspecified atom stereocenters. The first-order chi connectivity index (χ1) is 8.23. The summed E-state index contributed by atoms with van der Waals surface area (Å²) in [4.78, 5) is 2.43. The normalized spacial score (nSPS) is 23.4. The summed E-state index contributed by atoms with van der Waals surface area (Å²) >= 11 is 0. The molecular formula is C16H26N2. The van der Waals surface area contributed by atoms with Crippen LogP contribution in [0, 0.1) is 0 Å². The first kappa shape index (κ1) is 13.4. The van der Waals surface area contributed by atoms with Crippen molar-refractivity contribution in [1.82, 2.24) is 0 Å². The van der Waals surface area contributed by atoms with E-state index < -0.39 is 0 Å². The van der Waals surface area contributed by atoms with Gasteiger partial charge in [-0.05, 0) is 43.4 Å². The molecule has 1 heterocycles. The molecule has 0 aromatic heterocycles. The van der Waals surface area contributed by atoms with Crippen LogP contribution in [0.1, 0.15) is 46.6 Å². The molecule has 18 heavy (non-hydrogen) atoms. The van der Waals surface area contributed by atoms with E-state index in [4.69, 9.17) is 5.73 Å². The largest absolute Gasteiger partial charge is 0.365 e. The van der Waals surface area contributed by atoms with Gasteiger partial charge in [0.1, 0.15) is 0 Å². The second-order valence-corrected chi connectivity index (χ2v) is 7.00. The molecular weight excluding hydrogens is 220 g/mol. The van der Waals surface area contributed by atoms with E-state index in [2.05, 4.69) is 63.8 Å². The van der Waals surface area contributed by atoms with Crippen molar-refractivity contribution in [2.75, 3.05) is 11.4 Å². The molecule has 1 aromatic rings. The Morgan fingerprint density at radius 3 is 2.11 bits per heavy atom. The third-order valence-electron chi connectivity index (χ3n) is 4.31. The summed E-state index contributed by atoms with van der Waals surface area (Å²) in [5, 5.41) is 0. The first-order valence-electron chi connectivity index (χ1n) is 6.87. The zero-order chi connectivity index (χ0) is 13.6. The van der Waals surface area contributed by atoms with Crippen LogP contribution in [0.15, 0.2) is 24.3 Å². The lowest BCUT2D eigenvalue weighted by Crippen LogP contribution is -2.48. The summed E-state index contributed by atoms with van der Waals surface area (Å²) in [6, 6.07) is 9.23. The molecule has 2 N–H and O–H groups in total. The monoisotopic (exact) mass is 246 g/mol. The zero-order valence-electron chi connectivity index (χ0n) is 12.3. The minimum atomic E-state index is 0.0588. The highest BCUT2D eigenvalue weighted by Crippen LogP contribution is 2.34. The van der Waals surface area contributed by atoms with Crippen molar-refractivity contribution < 1.29 is 0 Å². The van der Waals surface area contributed by atoms with Gasteiger partial charge < -0.3 is 10.6 Å². The van der Waals surface area contributed by atoms with Crippen LogP contribution < -0.4 is 10.6 Å². The highest BCUT2D eigenvalue weighted by molar-refractivity contribution is 5.52. The molecule has 0 aliphatic carbocycles. The average Bonchev–Trinajstić information content (AvgIpc) is 2.53. The van der Waals surface area contributed by atoms with E-state index in [9.17, 15) is 0 Å². The number of rotatable bonds is 1. The minimum absolute atomic E-state index is 0.0588. The fraction of sp³-hybridized carbons (Fsp3) is 0.625. The summed E-state index contributed by atoms with van der Waals surface area (Å²) in [5.74, 6) is 0. The quantitative estimate of drug-likeness (QED) is 0.824. The number of hydrogen-bond acceptors (Lipinski definition) is 2. The third kappa shape index (κ3) is 2.26. The second-order valence-electron chi connectivity index (χ2n) is 7.00. The van der Waals surface area contributed by atoms with Crippen molar-refractivity contribution >= 4 is 5.69 Å². The van der Waals surface area contributed by atoms with Gasteiger partial charge >= 0.3 is 0 Å². The number of nitrogens with two attached hydrogens (primary N) is 1. The lowest BCUT2D eigenvalue weighted by atomic mass is 9.87. The van der Waals surface area contributed by atoms with Crippen LogP contribution in [0.2, 0.25) is 0 Å². The maximum Gasteiger partial charge on any atom is 0.0497 e. The Morgan fingerprint density at radius 1 is 1.17 bits per heavy atom. The predicted molar refractivity (Wildman–Crippen MR) is 79.2 cm³/mol. The van der Waals surface area contributed by atoms with Gasteiger partial charge in [0.05, 0.1) is 0 Å². The van der Waals surface area contributed by atoms with Crippen LogP contribution in [0.25, 0.3) is 0 Å². The second kappa shape index (κ2) is 4.27. The Hall–Kier alpha value is -1.02. The van der Waals surface area contributed by atoms with E-state index in [1.165, 1.54) is 11.3 Å². The molecule has 1 atom stereocenters. The van der Waals surface area contributed by atoms with E-state index >= 15 is 0 Å². The minimum Gasteiger partial charge on any atom is -0.365 e. The number of nitrogens with zero attached hydrogens (tertiary/aromatic N) is 1. The van der Waals surface area contributed by atoms with Gasteiger partial charge in [0.15, 0.2) is 0 Å².